The molecule has 0 amide bonds. The molecule has 1 heterocycles. The molecule has 1 rings (SSSR count). The van der Waals surface area contributed by atoms with E-state index in [9.17, 15) is 0 Å². The predicted molar refractivity (Wildman–Crippen MR) is 258 cm³/mol. The fourth-order valence-electron chi connectivity index (χ4n) is 9.61. The lowest BCUT2D eigenvalue weighted by atomic mass is 9.92. The van der Waals surface area contributed by atoms with Gasteiger partial charge >= 0.3 is 0 Å². The number of aromatic amines is 1. The van der Waals surface area contributed by atoms with Crippen LogP contribution >= 0.6 is 0 Å². The highest BCUT2D eigenvalue weighted by atomic mass is 15.1. The van der Waals surface area contributed by atoms with Crippen molar-refractivity contribution in [3.05, 3.63) is 18.2 Å². The zero-order valence-corrected chi connectivity index (χ0v) is 40.3. The molecule has 0 aliphatic carbocycles. The Hall–Kier alpha value is -0.790. The molecule has 1 N–H and O–H groups in total. The smallest absolute Gasteiger partial charge is 0.247 e. The maximum Gasteiger partial charge on any atom is 0.257 e. The highest BCUT2D eigenvalue weighted by Crippen LogP contribution is 2.28. The standard InChI is InChI=1S/C55H108N2/c1-5-8-11-14-17-20-23-25-27-29-31-33-35-38-41-44-47-50-54(49-46-43-40-37-34-32-30-28-26-24-21-18-15-12-9-6-2)55-56-51-52-57(55)53(4)48-45-42-39-36-22-19-16-13-10-7-3/h51-54H,5-50H2,1-4H3/p+1. The lowest BCUT2D eigenvalue weighted by molar-refractivity contribution is -0.727. The van der Waals surface area contributed by atoms with Crippen molar-refractivity contribution in [1.82, 2.24) is 4.98 Å². The molecule has 0 aliphatic rings. The van der Waals surface area contributed by atoms with Crippen molar-refractivity contribution < 1.29 is 4.57 Å². The van der Waals surface area contributed by atoms with E-state index in [0.717, 1.165) is 0 Å². The first-order valence-electron chi connectivity index (χ1n) is 27.3. The summed E-state index contributed by atoms with van der Waals surface area (Å²) in [5.74, 6) is 2.25. The molecule has 2 nitrogen and oxygen atoms in total. The number of nitrogens with zero attached hydrogens (tertiary/aromatic N) is 1. The SMILES string of the molecule is CCCCCCCCCCCCCCCCCCCC(CCCCCCCCCCCCCCCCCC)c1[nH]cc[n+]1C(C)CCCCCCCCCCCC. The Morgan fingerprint density at radius 2 is 0.561 bits per heavy atom. The van der Waals surface area contributed by atoms with Gasteiger partial charge in [-0.2, -0.15) is 0 Å². The number of imidazole rings is 1. The summed E-state index contributed by atoms with van der Waals surface area (Å²) in [5, 5.41) is 0. The van der Waals surface area contributed by atoms with Gasteiger partial charge in [-0.3, -0.25) is 0 Å². The molecule has 0 bridgehead atoms. The second-order valence-electron chi connectivity index (χ2n) is 19.3. The van der Waals surface area contributed by atoms with Gasteiger partial charge in [-0.05, 0) is 32.6 Å². The largest absolute Gasteiger partial charge is 0.257 e. The van der Waals surface area contributed by atoms with E-state index in [4.69, 9.17) is 0 Å². The average molecular weight is 798 g/mol. The first kappa shape index (κ1) is 54.2. The molecule has 1 aromatic heterocycles. The van der Waals surface area contributed by atoms with E-state index >= 15 is 0 Å². The lowest BCUT2D eigenvalue weighted by Crippen LogP contribution is -2.41. The summed E-state index contributed by atoms with van der Waals surface area (Å²) in [6.07, 6.45) is 71.1. The molecule has 57 heavy (non-hydrogen) atoms. The lowest BCUT2D eigenvalue weighted by Gasteiger charge is -2.17. The van der Waals surface area contributed by atoms with Crippen LogP contribution in [-0.2, 0) is 0 Å². The third-order valence-electron chi connectivity index (χ3n) is 13.6. The summed E-state index contributed by atoms with van der Waals surface area (Å²) < 4.78 is 2.67. The topological polar surface area (TPSA) is 19.7 Å². The van der Waals surface area contributed by atoms with Crippen LogP contribution in [0.5, 0.6) is 0 Å². The number of H-pyrrole nitrogens is 1. The normalized spacial score (nSPS) is 12.8. The summed E-state index contributed by atoms with van der Waals surface area (Å²) >= 11 is 0. The molecule has 1 aromatic rings. The number of aromatic nitrogens is 2. The first-order chi connectivity index (χ1) is 28.2. The van der Waals surface area contributed by atoms with E-state index in [1.165, 1.54) is 295 Å². The van der Waals surface area contributed by atoms with Gasteiger partial charge in [-0.15, -0.1) is 0 Å². The zero-order chi connectivity index (χ0) is 41.0. The van der Waals surface area contributed by atoms with E-state index in [-0.39, 0.29) is 0 Å². The van der Waals surface area contributed by atoms with Gasteiger partial charge in [-0.1, -0.05) is 290 Å². The predicted octanol–water partition coefficient (Wildman–Crippen LogP) is 20.0. The van der Waals surface area contributed by atoms with Crippen molar-refractivity contribution in [2.45, 2.75) is 335 Å². The molecule has 0 saturated carbocycles. The van der Waals surface area contributed by atoms with Gasteiger partial charge in [0.25, 0.3) is 5.82 Å². The maximum absolute atomic E-state index is 3.80. The highest BCUT2D eigenvalue weighted by Gasteiger charge is 2.25. The van der Waals surface area contributed by atoms with Crippen LogP contribution in [0.1, 0.15) is 341 Å². The zero-order valence-electron chi connectivity index (χ0n) is 40.3. The quantitative estimate of drug-likeness (QED) is 0.0501. The molecule has 2 heteroatoms. The molecule has 0 saturated heterocycles. The third-order valence-corrected chi connectivity index (χ3v) is 13.6. The van der Waals surface area contributed by atoms with Crippen molar-refractivity contribution in [2.24, 2.45) is 0 Å². The second-order valence-corrected chi connectivity index (χ2v) is 19.3. The monoisotopic (exact) mass is 798 g/mol. The van der Waals surface area contributed by atoms with Crippen LogP contribution in [-0.4, -0.2) is 4.98 Å². The van der Waals surface area contributed by atoms with Crippen molar-refractivity contribution in [2.75, 3.05) is 0 Å². The molecule has 0 radical (unpaired) electrons. The van der Waals surface area contributed by atoms with Crippen molar-refractivity contribution in [3.8, 4) is 0 Å². The Morgan fingerprint density at radius 1 is 0.333 bits per heavy atom. The van der Waals surface area contributed by atoms with E-state index in [1.54, 1.807) is 5.82 Å². The molecule has 0 aromatic carbocycles. The van der Waals surface area contributed by atoms with Crippen LogP contribution in [0.3, 0.4) is 0 Å². The molecule has 0 fully saturated rings. The van der Waals surface area contributed by atoms with Crippen LogP contribution in [0.25, 0.3) is 0 Å². The fraction of sp³-hybridized carbons (Fsp3) is 0.945. The Balaban J connectivity index is 2.33. The number of hydrogen-bond donors (Lipinski definition) is 1. The molecule has 0 spiro atoms. The molecule has 338 valence electrons. The van der Waals surface area contributed by atoms with Gasteiger partial charge in [0.15, 0.2) is 0 Å². The van der Waals surface area contributed by atoms with Gasteiger partial charge in [-0.25, -0.2) is 9.55 Å². The summed E-state index contributed by atoms with van der Waals surface area (Å²) in [5.41, 5.74) is 0. The minimum atomic E-state index is 0.615. The Bertz CT molecular complexity index is 874. The van der Waals surface area contributed by atoms with Crippen molar-refractivity contribution in [3.63, 3.8) is 0 Å². The van der Waals surface area contributed by atoms with Crippen LogP contribution in [0.15, 0.2) is 12.4 Å². The van der Waals surface area contributed by atoms with Crippen LogP contribution in [0, 0.1) is 0 Å². The summed E-state index contributed by atoms with van der Waals surface area (Å²) in [4.78, 5) is 3.80. The van der Waals surface area contributed by atoms with Gasteiger partial charge < -0.3 is 0 Å². The first-order valence-corrected chi connectivity index (χ1v) is 27.3. The van der Waals surface area contributed by atoms with E-state index in [1.807, 2.05) is 0 Å². The van der Waals surface area contributed by atoms with Gasteiger partial charge in [0.05, 0.1) is 12.0 Å². The Morgan fingerprint density at radius 3 is 0.825 bits per heavy atom. The molecular formula is C55H109N2+. The van der Waals surface area contributed by atoms with Crippen LogP contribution in [0.2, 0.25) is 0 Å². The number of nitrogens with one attached hydrogen (secondary N) is 1. The Kier molecular flexibility index (Phi) is 42.6. The van der Waals surface area contributed by atoms with Gasteiger partial charge in [0.2, 0.25) is 0 Å². The summed E-state index contributed by atoms with van der Waals surface area (Å²) in [6.45, 7) is 9.45. The van der Waals surface area contributed by atoms with E-state index in [0.29, 0.717) is 12.0 Å². The summed E-state index contributed by atoms with van der Waals surface area (Å²) in [6, 6.07) is 0.615. The minimum Gasteiger partial charge on any atom is -0.247 e. The molecule has 0 aliphatic heterocycles. The number of hydrogen-bond acceptors (Lipinski definition) is 0. The van der Waals surface area contributed by atoms with Crippen molar-refractivity contribution >= 4 is 0 Å². The highest BCUT2D eigenvalue weighted by molar-refractivity contribution is 4.90. The maximum atomic E-state index is 3.80. The minimum absolute atomic E-state index is 0.615. The van der Waals surface area contributed by atoms with E-state index in [2.05, 4.69) is 49.6 Å². The van der Waals surface area contributed by atoms with Gasteiger partial charge in [0.1, 0.15) is 12.4 Å². The number of rotatable bonds is 48. The average Bonchev–Trinajstić information content (AvgIpc) is 3.72. The van der Waals surface area contributed by atoms with Gasteiger partial charge in [0, 0.05) is 0 Å². The van der Waals surface area contributed by atoms with Crippen LogP contribution in [0.4, 0.5) is 0 Å². The molecular weight excluding hydrogens is 689 g/mol. The van der Waals surface area contributed by atoms with Crippen molar-refractivity contribution in [1.29, 1.82) is 0 Å². The molecule has 2 unspecified atom stereocenters. The third kappa shape index (κ3) is 35.7. The summed E-state index contributed by atoms with van der Waals surface area (Å²) in [7, 11) is 0. The van der Waals surface area contributed by atoms with Crippen LogP contribution < -0.4 is 4.57 Å². The van der Waals surface area contributed by atoms with E-state index < -0.39 is 0 Å². The Labute approximate surface area is 361 Å². The fourth-order valence-corrected chi connectivity index (χ4v) is 9.61. The number of unbranched alkanes of at least 4 members (excludes halogenated alkanes) is 40. The second kappa shape index (κ2) is 44.8. The molecule has 2 atom stereocenters.